The molecule has 17 heavy (non-hydrogen) atoms. The smallest absolute Gasteiger partial charge is 0.151 e. The molecule has 5 heteroatoms. The lowest BCUT2D eigenvalue weighted by Crippen LogP contribution is -2.47. The Bertz CT molecular complexity index is 304. The number of nitrogens with zero attached hydrogens (tertiary/aromatic N) is 1. The topological polar surface area (TPSA) is 49.4 Å². The first-order chi connectivity index (χ1) is 8.09. The van der Waals surface area contributed by atoms with E-state index >= 15 is 0 Å². The van der Waals surface area contributed by atoms with E-state index in [-0.39, 0.29) is 5.75 Å². The molecule has 1 atom stereocenters. The summed E-state index contributed by atoms with van der Waals surface area (Å²) >= 11 is 0. The SMILES string of the molecule is CCNCC1CCCCN1CCS(=O)(=O)CC. The molecule has 1 unspecified atom stereocenters. The van der Waals surface area contributed by atoms with E-state index in [9.17, 15) is 8.42 Å². The molecule has 102 valence electrons. The van der Waals surface area contributed by atoms with Crippen molar-refractivity contribution in [1.29, 1.82) is 0 Å². The van der Waals surface area contributed by atoms with Crippen molar-refractivity contribution in [3.63, 3.8) is 0 Å². The maximum Gasteiger partial charge on any atom is 0.151 e. The van der Waals surface area contributed by atoms with Crippen LogP contribution in [0.25, 0.3) is 0 Å². The van der Waals surface area contributed by atoms with E-state index in [4.69, 9.17) is 0 Å². The van der Waals surface area contributed by atoms with Crippen molar-refractivity contribution in [2.75, 3.05) is 37.7 Å². The molecule has 0 aromatic rings. The van der Waals surface area contributed by atoms with Gasteiger partial charge in [-0.2, -0.15) is 0 Å². The van der Waals surface area contributed by atoms with Gasteiger partial charge in [-0.15, -0.1) is 0 Å². The number of likely N-dealkylation sites (tertiary alicyclic amines) is 1. The lowest BCUT2D eigenvalue weighted by atomic mass is 10.0. The highest BCUT2D eigenvalue weighted by molar-refractivity contribution is 7.91. The van der Waals surface area contributed by atoms with Crippen molar-refractivity contribution in [1.82, 2.24) is 10.2 Å². The molecule has 0 radical (unpaired) electrons. The highest BCUT2D eigenvalue weighted by atomic mass is 32.2. The summed E-state index contributed by atoms with van der Waals surface area (Å²) < 4.78 is 23.0. The van der Waals surface area contributed by atoms with Gasteiger partial charge in [-0.3, -0.25) is 4.90 Å². The van der Waals surface area contributed by atoms with Crippen LogP contribution >= 0.6 is 0 Å². The Morgan fingerprint density at radius 1 is 1.29 bits per heavy atom. The van der Waals surface area contributed by atoms with Crippen molar-refractivity contribution >= 4 is 9.84 Å². The predicted octanol–water partition coefficient (Wildman–Crippen LogP) is 0.885. The van der Waals surface area contributed by atoms with Crippen molar-refractivity contribution < 1.29 is 8.42 Å². The monoisotopic (exact) mass is 262 g/mol. The number of piperidine rings is 1. The fourth-order valence-corrected chi connectivity index (χ4v) is 3.10. The van der Waals surface area contributed by atoms with Gasteiger partial charge in [0.15, 0.2) is 9.84 Å². The van der Waals surface area contributed by atoms with Gasteiger partial charge in [-0.1, -0.05) is 20.3 Å². The number of likely N-dealkylation sites (N-methyl/N-ethyl adjacent to an activating group) is 1. The molecular weight excluding hydrogens is 236 g/mol. The molecule has 1 N–H and O–H groups in total. The molecule has 0 aromatic heterocycles. The number of rotatable bonds is 7. The number of nitrogens with one attached hydrogen (secondary N) is 1. The fourth-order valence-electron chi connectivity index (χ4n) is 2.30. The Hall–Kier alpha value is -0.130. The van der Waals surface area contributed by atoms with Gasteiger partial charge in [0.25, 0.3) is 0 Å². The number of hydrogen-bond acceptors (Lipinski definition) is 4. The number of sulfone groups is 1. The van der Waals surface area contributed by atoms with Crippen LogP contribution in [-0.2, 0) is 9.84 Å². The molecule has 1 aliphatic heterocycles. The largest absolute Gasteiger partial charge is 0.315 e. The van der Waals surface area contributed by atoms with Crippen LogP contribution in [0.4, 0.5) is 0 Å². The molecule has 0 spiro atoms. The molecule has 0 amide bonds. The van der Waals surface area contributed by atoms with Crippen molar-refractivity contribution in [3.8, 4) is 0 Å². The third kappa shape index (κ3) is 5.36. The first-order valence-corrected chi connectivity index (χ1v) is 8.56. The molecule has 1 saturated heterocycles. The summed E-state index contributed by atoms with van der Waals surface area (Å²) in [5.41, 5.74) is 0. The lowest BCUT2D eigenvalue weighted by Gasteiger charge is -2.35. The van der Waals surface area contributed by atoms with Crippen LogP contribution in [0.1, 0.15) is 33.1 Å². The lowest BCUT2D eigenvalue weighted by molar-refractivity contribution is 0.155. The highest BCUT2D eigenvalue weighted by Crippen LogP contribution is 2.16. The Balaban J connectivity index is 2.42. The van der Waals surface area contributed by atoms with E-state index in [1.165, 1.54) is 19.3 Å². The normalized spacial score (nSPS) is 22.8. The van der Waals surface area contributed by atoms with Crippen LogP contribution in [0.5, 0.6) is 0 Å². The van der Waals surface area contributed by atoms with E-state index in [2.05, 4.69) is 17.1 Å². The summed E-state index contributed by atoms with van der Waals surface area (Å²) in [4.78, 5) is 2.35. The second-order valence-corrected chi connectivity index (χ2v) is 7.20. The summed E-state index contributed by atoms with van der Waals surface area (Å²) in [5.74, 6) is 0.574. The van der Waals surface area contributed by atoms with E-state index in [1.807, 2.05) is 0 Å². The third-order valence-electron chi connectivity index (χ3n) is 3.51. The fraction of sp³-hybridized carbons (Fsp3) is 1.00. The maximum atomic E-state index is 11.5. The minimum Gasteiger partial charge on any atom is -0.315 e. The van der Waals surface area contributed by atoms with Crippen LogP contribution in [0.15, 0.2) is 0 Å². The standard InChI is InChI=1S/C12H26N2O2S/c1-3-13-11-12-7-5-6-8-14(12)9-10-17(15,16)4-2/h12-13H,3-11H2,1-2H3. The van der Waals surface area contributed by atoms with Crippen molar-refractivity contribution in [2.24, 2.45) is 0 Å². The minimum absolute atomic E-state index is 0.263. The summed E-state index contributed by atoms with van der Waals surface area (Å²) in [6.45, 7) is 7.55. The van der Waals surface area contributed by atoms with E-state index in [0.717, 1.165) is 19.6 Å². The summed E-state index contributed by atoms with van der Waals surface area (Å²) in [5, 5.41) is 3.37. The van der Waals surface area contributed by atoms with Gasteiger partial charge in [0.2, 0.25) is 0 Å². The molecule has 1 heterocycles. The van der Waals surface area contributed by atoms with E-state index in [0.29, 0.717) is 18.3 Å². The van der Waals surface area contributed by atoms with Crippen LogP contribution in [0.3, 0.4) is 0 Å². The van der Waals surface area contributed by atoms with Crippen LogP contribution < -0.4 is 5.32 Å². The van der Waals surface area contributed by atoms with Crippen LogP contribution in [-0.4, -0.2) is 57.0 Å². The Kier molecular flexibility index (Phi) is 6.44. The van der Waals surface area contributed by atoms with E-state index in [1.54, 1.807) is 6.92 Å². The first-order valence-electron chi connectivity index (χ1n) is 6.74. The van der Waals surface area contributed by atoms with Gasteiger partial charge in [-0.25, -0.2) is 8.42 Å². The molecule has 0 bridgehead atoms. The quantitative estimate of drug-likeness (QED) is 0.740. The zero-order valence-corrected chi connectivity index (χ0v) is 11.9. The van der Waals surface area contributed by atoms with Gasteiger partial charge >= 0.3 is 0 Å². The van der Waals surface area contributed by atoms with Gasteiger partial charge in [0, 0.05) is 24.9 Å². The Morgan fingerprint density at radius 3 is 2.71 bits per heavy atom. The van der Waals surface area contributed by atoms with Crippen LogP contribution in [0.2, 0.25) is 0 Å². The molecule has 4 nitrogen and oxygen atoms in total. The molecule has 0 saturated carbocycles. The number of hydrogen-bond donors (Lipinski definition) is 1. The molecule has 1 aliphatic rings. The van der Waals surface area contributed by atoms with Gasteiger partial charge < -0.3 is 5.32 Å². The van der Waals surface area contributed by atoms with Crippen molar-refractivity contribution in [3.05, 3.63) is 0 Å². The second-order valence-electron chi connectivity index (χ2n) is 4.73. The summed E-state index contributed by atoms with van der Waals surface area (Å²) in [6, 6.07) is 0.524. The second kappa shape index (κ2) is 7.34. The molecule has 0 aliphatic carbocycles. The molecule has 0 aromatic carbocycles. The zero-order chi connectivity index (χ0) is 12.7. The predicted molar refractivity (Wildman–Crippen MR) is 72.1 cm³/mol. The summed E-state index contributed by atoms with van der Waals surface area (Å²) in [7, 11) is -2.82. The van der Waals surface area contributed by atoms with Gasteiger partial charge in [0.1, 0.15) is 0 Å². The molecule has 1 fully saturated rings. The average Bonchev–Trinajstić information content (AvgIpc) is 2.35. The summed E-state index contributed by atoms with van der Waals surface area (Å²) in [6.07, 6.45) is 3.67. The maximum absolute atomic E-state index is 11.5. The highest BCUT2D eigenvalue weighted by Gasteiger charge is 2.22. The molecule has 1 rings (SSSR count). The van der Waals surface area contributed by atoms with Crippen molar-refractivity contribution in [2.45, 2.75) is 39.2 Å². The van der Waals surface area contributed by atoms with Gasteiger partial charge in [-0.05, 0) is 25.9 Å². The first kappa shape index (κ1) is 14.9. The molecular formula is C12H26N2O2S. The minimum atomic E-state index is -2.82. The Morgan fingerprint density at radius 2 is 2.06 bits per heavy atom. The third-order valence-corrected chi connectivity index (χ3v) is 5.19. The average molecular weight is 262 g/mol. The Labute approximate surface area is 106 Å². The van der Waals surface area contributed by atoms with E-state index < -0.39 is 9.84 Å². The zero-order valence-electron chi connectivity index (χ0n) is 11.1. The van der Waals surface area contributed by atoms with Gasteiger partial charge in [0.05, 0.1) is 5.75 Å². The van der Waals surface area contributed by atoms with Crippen LogP contribution in [0, 0.1) is 0 Å².